The normalized spacial score (nSPS) is 26.4. The van der Waals surface area contributed by atoms with E-state index in [2.05, 4.69) is 42.0 Å². The van der Waals surface area contributed by atoms with Crippen LogP contribution < -0.4 is 11.1 Å². The number of hydrogen-bond acceptors (Lipinski definition) is 2. The fourth-order valence-electron chi connectivity index (χ4n) is 3.64. The molecule has 2 atom stereocenters. The summed E-state index contributed by atoms with van der Waals surface area (Å²) in [4.78, 5) is 12.4. The van der Waals surface area contributed by atoms with E-state index in [-0.39, 0.29) is 17.2 Å². The van der Waals surface area contributed by atoms with Crippen molar-refractivity contribution in [2.24, 2.45) is 17.1 Å². The van der Waals surface area contributed by atoms with E-state index >= 15 is 0 Å². The second-order valence-corrected chi connectivity index (χ2v) is 8.05. The summed E-state index contributed by atoms with van der Waals surface area (Å²) in [6, 6.07) is 7.93. The molecule has 0 spiro atoms. The van der Waals surface area contributed by atoms with Crippen LogP contribution in [0.25, 0.3) is 0 Å². The van der Waals surface area contributed by atoms with E-state index in [1.165, 1.54) is 6.42 Å². The van der Waals surface area contributed by atoms with E-state index in [4.69, 9.17) is 5.73 Å². The average Bonchev–Trinajstić information content (AvgIpc) is 2.40. The van der Waals surface area contributed by atoms with Gasteiger partial charge in [0.2, 0.25) is 5.91 Å². The summed E-state index contributed by atoms with van der Waals surface area (Å²) in [5, 5.41) is 3.48. The molecule has 3 nitrogen and oxygen atoms in total. The molecule has 116 valence electrons. The molecule has 1 saturated carbocycles. The molecule has 0 aromatic heterocycles. The third-order valence-corrected chi connectivity index (χ3v) is 5.13. The molecule has 0 radical (unpaired) electrons. The van der Waals surface area contributed by atoms with Gasteiger partial charge in [-0.2, -0.15) is 0 Å². The van der Waals surface area contributed by atoms with Crippen LogP contribution in [0.2, 0.25) is 0 Å². The van der Waals surface area contributed by atoms with Crippen molar-refractivity contribution in [3.8, 4) is 0 Å². The van der Waals surface area contributed by atoms with Crippen molar-refractivity contribution < 1.29 is 4.79 Å². The van der Waals surface area contributed by atoms with E-state index in [9.17, 15) is 4.79 Å². The van der Waals surface area contributed by atoms with Crippen LogP contribution in [0.15, 0.2) is 28.7 Å². The molecule has 1 fully saturated rings. The number of nitrogens with two attached hydrogens (primary N) is 1. The second-order valence-electron chi connectivity index (χ2n) is 7.13. The maximum atomic E-state index is 12.4. The van der Waals surface area contributed by atoms with Crippen molar-refractivity contribution in [1.82, 2.24) is 0 Å². The zero-order valence-corrected chi connectivity index (χ0v) is 14.7. The van der Waals surface area contributed by atoms with E-state index in [0.29, 0.717) is 0 Å². The molecule has 4 heteroatoms. The van der Waals surface area contributed by atoms with Gasteiger partial charge >= 0.3 is 0 Å². The van der Waals surface area contributed by atoms with Crippen molar-refractivity contribution in [3.05, 3.63) is 28.7 Å². The zero-order valence-electron chi connectivity index (χ0n) is 13.1. The van der Waals surface area contributed by atoms with Gasteiger partial charge in [-0.3, -0.25) is 4.79 Å². The van der Waals surface area contributed by atoms with Gasteiger partial charge in [-0.15, -0.1) is 0 Å². The monoisotopic (exact) mass is 352 g/mol. The van der Waals surface area contributed by atoms with Crippen LogP contribution in [-0.4, -0.2) is 11.4 Å². The van der Waals surface area contributed by atoms with Crippen LogP contribution in [0, 0.1) is 11.3 Å². The van der Waals surface area contributed by atoms with Crippen molar-refractivity contribution in [2.75, 3.05) is 5.32 Å². The van der Waals surface area contributed by atoms with Gasteiger partial charge < -0.3 is 11.1 Å². The van der Waals surface area contributed by atoms with Gasteiger partial charge in [0.25, 0.3) is 0 Å². The topological polar surface area (TPSA) is 55.1 Å². The van der Waals surface area contributed by atoms with Crippen LogP contribution in [0.3, 0.4) is 0 Å². The molecule has 1 amide bonds. The van der Waals surface area contributed by atoms with Crippen LogP contribution in [0.1, 0.15) is 46.5 Å². The summed E-state index contributed by atoms with van der Waals surface area (Å²) >= 11 is 3.44. The van der Waals surface area contributed by atoms with Gasteiger partial charge in [0, 0.05) is 10.2 Å². The highest BCUT2D eigenvalue weighted by molar-refractivity contribution is 9.10. The molecule has 1 aliphatic carbocycles. The number of carbonyl (C=O) groups excluding carboxylic acids is 1. The van der Waals surface area contributed by atoms with Gasteiger partial charge in [0.05, 0.1) is 0 Å². The summed E-state index contributed by atoms with van der Waals surface area (Å²) in [6.45, 7) is 6.60. The Labute approximate surface area is 135 Å². The van der Waals surface area contributed by atoms with Crippen molar-refractivity contribution >= 4 is 27.5 Å². The van der Waals surface area contributed by atoms with Crippen LogP contribution in [0.4, 0.5) is 5.69 Å². The lowest BCUT2D eigenvalue weighted by Gasteiger charge is -2.49. The molecule has 1 aromatic carbocycles. The molecular weight excluding hydrogens is 328 g/mol. The van der Waals surface area contributed by atoms with Crippen molar-refractivity contribution in [3.63, 3.8) is 0 Å². The third-order valence-electron chi connectivity index (χ3n) is 4.61. The van der Waals surface area contributed by atoms with Crippen LogP contribution >= 0.6 is 15.9 Å². The Kier molecular flexibility index (Phi) is 4.66. The Hall–Kier alpha value is -1.03. The summed E-state index contributed by atoms with van der Waals surface area (Å²) < 4.78 is 1.03. The maximum Gasteiger partial charge on any atom is 0.243 e. The number of hydrogen-bond donors (Lipinski definition) is 2. The summed E-state index contributed by atoms with van der Waals surface area (Å²) in [7, 11) is 0. The van der Waals surface area contributed by atoms with Gasteiger partial charge in [-0.1, -0.05) is 49.5 Å². The first-order valence-corrected chi connectivity index (χ1v) is 8.39. The highest BCUT2D eigenvalue weighted by Crippen LogP contribution is 2.46. The molecule has 1 aliphatic rings. The van der Waals surface area contributed by atoms with Gasteiger partial charge in [-0.05, 0) is 48.4 Å². The quantitative estimate of drug-likeness (QED) is 0.850. The van der Waals surface area contributed by atoms with Crippen LogP contribution in [0.5, 0.6) is 0 Å². The fourth-order valence-corrected chi connectivity index (χ4v) is 3.91. The molecule has 0 saturated heterocycles. The van der Waals surface area contributed by atoms with E-state index in [1.807, 2.05) is 24.3 Å². The Morgan fingerprint density at radius 3 is 2.43 bits per heavy atom. The molecule has 0 aliphatic heterocycles. The smallest absolute Gasteiger partial charge is 0.243 e. The molecule has 3 N–H and O–H groups in total. The summed E-state index contributed by atoms with van der Waals surface area (Å²) in [6.07, 6.45) is 4.05. The molecule has 21 heavy (non-hydrogen) atoms. The highest BCUT2D eigenvalue weighted by Gasteiger charge is 2.50. The van der Waals surface area contributed by atoms with E-state index in [1.54, 1.807) is 0 Å². The SMILES string of the molecule is CC(C)(C)C1CCCCC1(Nc1ccc(Br)cc1)C(N)=O. The Morgan fingerprint density at radius 1 is 1.29 bits per heavy atom. The van der Waals surface area contributed by atoms with Gasteiger partial charge in [0.1, 0.15) is 5.54 Å². The molecule has 0 bridgehead atoms. The number of nitrogens with one attached hydrogen (secondary N) is 1. The number of primary amides is 1. The van der Waals surface area contributed by atoms with Crippen molar-refractivity contribution in [1.29, 1.82) is 0 Å². The lowest BCUT2D eigenvalue weighted by Crippen LogP contribution is -2.60. The zero-order chi connectivity index (χ0) is 15.7. The molecule has 2 rings (SSSR count). The molecule has 2 unspecified atom stereocenters. The minimum atomic E-state index is -0.648. The molecular formula is C17H25BrN2O. The Morgan fingerprint density at radius 2 is 1.90 bits per heavy atom. The maximum absolute atomic E-state index is 12.4. The first-order chi connectivity index (χ1) is 9.75. The highest BCUT2D eigenvalue weighted by atomic mass is 79.9. The molecule has 0 heterocycles. The van der Waals surface area contributed by atoms with Crippen molar-refractivity contribution in [2.45, 2.75) is 52.0 Å². The predicted octanol–water partition coefficient (Wildman–Crippen LogP) is 4.32. The number of halogens is 1. The number of rotatable bonds is 3. The average molecular weight is 353 g/mol. The minimum Gasteiger partial charge on any atom is -0.371 e. The second kappa shape index (κ2) is 5.99. The number of amides is 1. The lowest BCUT2D eigenvalue weighted by atomic mass is 9.61. The number of carbonyl (C=O) groups is 1. The van der Waals surface area contributed by atoms with E-state index in [0.717, 1.165) is 29.4 Å². The number of anilines is 1. The fraction of sp³-hybridized carbons (Fsp3) is 0.588. The van der Waals surface area contributed by atoms with E-state index < -0.39 is 5.54 Å². The first-order valence-electron chi connectivity index (χ1n) is 7.59. The standard InChI is InChI=1S/C17H25BrN2O/c1-16(2,3)14-6-4-5-11-17(14,15(19)21)20-13-9-7-12(18)8-10-13/h7-10,14,20H,4-6,11H2,1-3H3,(H2,19,21). The summed E-state index contributed by atoms with van der Waals surface area (Å²) in [5.41, 5.74) is 6.20. The minimum absolute atomic E-state index is 0.0395. The van der Waals surface area contributed by atoms with Crippen LogP contribution in [-0.2, 0) is 4.79 Å². The lowest BCUT2D eigenvalue weighted by molar-refractivity contribution is -0.127. The Balaban J connectivity index is 2.38. The van der Waals surface area contributed by atoms with Gasteiger partial charge in [-0.25, -0.2) is 0 Å². The van der Waals surface area contributed by atoms with Gasteiger partial charge in [0.15, 0.2) is 0 Å². The first kappa shape index (κ1) is 16.3. The number of benzene rings is 1. The predicted molar refractivity (Wildman–Crippen MR) is 91.1 cm³/mol. The Bertz CT molecular complexity index is 507. The largest absolute Gasteiger partial charge is 0.371 e. The summed E-state index contributed by atoms with van der Waals surface area (Å²) in [5.74, 6) is 0.00457. The third kappa shape index (κ3) is 3.42. The molecule has 1 aromatic rings.